The van der Waals surface area contributed by atoms with Crippen molar-refractivity contribution in [1.29, 1.82) is 0 Å². The van der Waals surface area contributed by atoms with E-state index in [-0.39, 0.29) is 5.69 Å². The van der Waals surface area contributed by atoms with Gasteiger partial charge in [0.05, 0.1) is 4.92 Å². The zero-order chi connectivity index (χ0) is 13.0. The van der Waals surface area contributed by atoms with Gasteiger partial charge in [0, 0.05) is 34.4 Å². The maximum absolute atomic E-state index is 10.6. The number of nitro groups is 1. The van der Waals surface area contributed by atoms with Crippen molar-refractivity contribution in [2.75, 3.05) is 11.9 Å². The number of non-ortho nitro benzene ring substituents is 1. The first-order valence-electron chi connectivity index (χ1n) is 5.19. The normalized spacial score (nSPS) is 10.3. The molecule has 0 atom stereocenters. The van der Waals surface area contributed by atoms with Crippen LogP contribution in [0.3, 0.4) is 0 Å². The number of rotatable bonds is 5. The van der Waals surface area contributed by atoms with Crippen LogP contribution in [0.5, 0.6) is 0 Å². The van der Waals surface area contributed by atoms with Crippen LogP contribution in [0.25, 0.3) is 0 Å². The number of nitrogens with zero attached hydrogens (tertiary/aromatic N) is 3. The van der Waals surface area contributed by atoms with Gasteiger partial charge in [0.2, 0.25) is 0 Å². The lowest BCUT2D eigenvalue weighted by Crippen LogP contribution is -2.07. The van der Waals surface area contributed by atoms with E-state index in [0.717, 1.165) is 15.1 Å². The van der Waals surface area contributed by atoms with Gasteiger partial charge in [-0.05, 0) is 28.7 Å². The first-order chi connectivity index (χ1) is 8.66. The molecular formula is C10H10IN5O2. The van der Waals surface area contributed by atoms with Gasteiger partial charge in [-0.1, -0.05) is 0 Å². The maximum Gasteiger partial charge on any atom is 0.270 e. The van der Waals surface area contributed by atoms with Crippen molar-refractivity contribution < 1.29 is 4.92 Å². The lowest BCUT2D eigenvalue weighted by Gasteiger charge is -2.07. The third-order valence-electron chi connectivity index (χ3n) is 2.31. The number of aromatic nitrogens is 3. The molecule has 1 aromatic heterocycles. The van der Waals surface area contributed by atoms with Gasteiger partial charge in [-0.15, -0.1) is 0 Å². The predicted octanol–water partition coefficient (Wildman–Crippen LogP) is 1.97. The third-order valence-corrected chi connectivity index (χ3v) is 3.20. The summed E-state index contributed by atoms with van der Waals surface area (Å²) in [5.74, 6) is 0.805. The Kier molecular flexibility index (Phi) is 4.07. The van der Waals surface area contributed by atoms with Crippen LogP contribution in [-0.4, -0.2) is 26.6 Å². The van der Waals surface area contributed by atoms with Crippen molar-refractivity contribution in [3.63, 3.8) is 0 Å². The van der Waals surface area contributed by atoms with Crippen molar-refractivity contribution >= 4 is 34.0 Å². The van der Waals surface area contributed by atoms with Crippen LogP contribution in [0.2, 0.25) is 0 Å². The zero-order valence-electron chi connectivity index (χ0n) is 9.26. The molecule has 0 amide bonds. The van der Waals surface area contributed by atoms with E-state index in [1.165, 1.54) is 18.5 Å². The van der Waals surface area contributed by atoms with Gasteiger partial charge in [-0.3, -0.25) is 15.2 Å². The minimum atomic E-state index is -0.402. The van der Waals surface area contributed by atoms with E-state index in [9.17, 15) is 10.1 Å². The fourth-order valence-corrected chi connectivity index (χ4v) is 2.12. The number of nitrogens with one attached hydrogen (secondary N) is 2. The lowest BCUT2D eigenvalue weighted by molar-refractivity contribution is -0.384. The summed E-state index contributed by atoms with van der Waals surface area (Å²) in [6, 6.07) is 4.73. The Balaban J connectivity index is 1.95. The van der Waals surface area contributed by atoms with Gasteiger partial charge in [-0.2, -0.15) is 5.10 Å². The molecule has 0 spiro atoms. The van der Waals surface area contributed by atoms with E-state index in [2.05, 4.69) is 43.1 Å². The molecule has 2 aromatic rings. The number of hydrogen-bond acceptors (Lipinski definition) is 5. The quantitative estimate of drug-likeness (QED) is 0.483. The van der Waals surface area contributed by atoms with E-state index >= 15 is 0 Å². The molecule has 0 aliphatic rings. The summed E-state index contributed by atoms with van der Waals surface area (Å²) in [5, 5.41) is 20.3. The fraction of sp³-hybridized carbons (Fsp3) is 0.200. The number of halogens is 1. The first-order valence-corrected chi connectivity index (χ1v) is 6.27. The van der Waals surface area contributed by atoms with Crippen LogP contribution in [0.15, 0.2) is 24.5 Å². The van der Waals surface area contributed by atoms with Gasteiger partial charge in [0.25, 0.3) is 5.69 Å². The summed E-state index contributed by atoms with van der Waals surface area (Å²) >= 11 is 2.07. The molecule has 0 aliphatic heterocycles. The average Bonchev–Trinajstić information content (AvgIpc) is 2.84. The highest BCUT2D eigenvalue weighted by atomic mass is 127. The van der Waals surface area contributed by atoms with Gasteiger partial charge >= 0.3 is 0 Å². The summed E-state index contributed by atoms with van der Waals surface area (Å²) in [4.78, 5) is 14.2. The number of nitro benzene ring substituents is 1. The minimum absolute atomic E-state index is 0.0974. The average molecular weight is 359 g/mol. The minimum Gasteiger partial charge on any atom is -0.384 e. The zero-order valence-corrected chi connectivity index (χ0v) is 11.4. The van der Waals surface area contributed by atoms with Crippen molar-refractivity contribution in [2.24, 2.45) is 0 Å². The van der Waals surface area contributed by atoms with Crippen LogP contribution >= 0.6 is 22.6 Å². The number of H-pyrrole nitrogens is 1. The first kappa shape index (κ1) is 12.7. The molecule has 8 heteroatoms. The molecule has 0 unspecified atom stereocenters. The molecule has 0 radical (unpaired) electrons. The second-order valence-electron chi connectivity index (χ2n) is 3.53. The second kappa shape index (κ2) is 5.76. The Morgan fingerprint density at radius 2 is 2.33 bits per heavy atom. The predicted molar refractivity (Wildman–Crippen MR) is 74.4 cm³/mol. The summed E-state index contributed by atoms with van der Waals surface area (Å²) in [7, 11) is 0. The SMILES string of the molecule is O=[N+]([O-])c1ccc(NCCc2ncn[nH]2)c(I)c1. The number of benzene rings is 1. The maximum atomic E-state index is 10.6. The molecule has 94 valence electrons. The Morgan fingerprint density at radius 1 is 1.50 bits per heavy atom. The van der Waals surface area contributed by atoms with Crippen LogP contribution in [0.4, 0.5) is 11.4 Å². The Bertz CT molecular complexity index is 543. The molecular weight excluding hydrogens is 349 g/mol. The lowest BCUT2D eigenvalue weighted by atomic mass is 10.3. The molecule has 7 nitrogen and oxygen atoms in total. The molecule has 0 saturated carbocycles. The highest BCUT2D eigenvalue weighted by Gasteiger charge is 2.08. The molecule has 2 N–H and O–H groups in total. The monoisotopic (exact) mass is 359 g/mol. The van der Waals surface area contributed by atoms with E-state index in [4.69, 9.17) is 0 Å². The van der Waals surface area contributed by atoms with Gasteiger partial charge in [-0.25, -0.2) is 4.98 Å². The standard InChI is InChI=1S/C10H10IN5O2/c11-8-5-7(16(17)18)1-2-9(8)12-4-3-10-13-6-14-15-10/h1-2,5-6,12H,3-4H2,(H,13,14,15). The summed E-state index contributed by atoms with van der Waals surface area (Å²) in [5.41, 5.74) is 0.973. The Labute approximate surface area is 116 Å². The van der Waals surface area contributed by atoms with Gasteiger partial charge in [0.1, 0.15) is 12.2 Å². The number of hydrogen-bond donors (Lipinski definition) is 2. The summed E-state index contributed by atoms with van der Waals surface area (Å²) < 4.78 is 0.819. The summed E-state index contributed by atoms with van der Waals surface area (Å²) in [6.45, 7) is 0.684. The number of aromatic amines is 1. The molecule has 0 aliphatic carbocycles. The fourth-order valence-electron chi connectivity index (χ4n) is 1.43. The number of anilines is 1. The largest absolute Gasteiger partial charge is 0.384 e. The molecule has 18 heavy (non-hydrogen) atoms. The summed E-state index contributed by atoms with van der Waals surface area (Å²) in [6.07, 6.45) is 2.18. The van der Waals surface area contributed by atoms with Gasteiger partial charge < -0.3 is 5.32 Å². The smallest absolute Gasteiger partial charge is 0.270 e. The second-order valence-corrected chi connectivity index (χ2v) is 4.69. The molecule has 1 aromatic carbocycles. The molecule has 1 heterocycles. The van der Waals surface area contributed by atoms with E-state index in [0.29, 0.717) is 13.0 Å². The van der Waals surface area contributed by atoms with E-state index in [1.54, 1.807) is 6.07 Å². The van der Waals surface area contributed by atoms with Crippen LogP contribution in [0.1, 0.15) is 5.82 Å². The van der Waals surface area contributed by atoms with Crippen molar-refractivity contribution in [2.45, 2.75) is 6.42 Å². The van der Waals surface area contributed by atoms with E-state index in [1.807, 2.05) is 0 Å². The Morgan fingerprint density at radius 3 is 2.94 bits per heavy atom. The highest BCUT2D eigenvalue weighted by Crippen LogP contribution is 2.23. The van der Waals surface area contributed by atoms with Crippen molar-refractivity contribution in [3.05, 3.63) is 44.0 Å². The third kappa shape index (κ3) is 3.15. The molecule has 0 saturated heterocycles. The molecule has 0 bridgehead atoms. The molecule has 0 fully saturated rings. The van der Waals surface area contributed by atoms with Crippen LogP contribution in [-0.2, 0) is 6.42 Å². The topological polar surface area (TPSA) is 96.7 Å². The van der Waals surface area contributed by atoms with Crippen LogP contribution in [0, 0.1) is 13.7 Å². The van der Waals surface area contributed by atoms with E-state index < -0.39 is 4.92 Å². The molecule has 2 rings (SSSR count). The Hall–Kier alpha value is -1.71. The van der Waals surface area contributed by atoms with Gasteiger partial charge in [0.15, 0.2) is 0 Å². The van der Waals surface area contributed by atoms with Crippen LogP contribution < -0.4 is 5.32 Å². The van der Waals surface area contributed by atoms with Crippen molar-refractivity contribution in [1.82, 2.24) is 15.2 Å². The highest BCUT2D eigenvalue weighted by molar-refractivity contribution is 14.1. The van der Waals surface area contributed by atoms with Crippen molar-refractivity contribution in [3.8, 4) is 0 Å².